The van der Waals surface area contributed by atoms with Gasteiger partial charge >= 0.3 is 0 Å². The van der Waals surface area contributed by atoms with Crippen molar-refractivity contribution in [1.29, 1.82) is 0 Å². The molecule has 1 aliphatic carbocycles. The van der Waals surface area contributed by atoms with Gasteiger partial charge in [-0.05, 0) is 12.1 Å². The lowest BCUT2D eigenvalue weighted by molar-refractivity contribution is 0.395. The third-order valence-corrected chi connectivity index (χ3v) is 2.15. The van der Waals surface area contributed by atoms with Gasteiger partial charge in [0.25, 0.3) is 0 Å². The van der Waals surface area contributed by atoms with Crippen molar-refractivity contribution in [2.24, 2.45) is 0 Å². The summed E-state index contributed by atoms with van der Waals surface area (Å²) < 4.78 is 5.38. The zero-order chi connectivity index (χ0) is 7.26. The summed E-state index contributed by atoms with van der Waals surface area (Å²) in [6.45, 7) is 0. The third-order valence-electron chi connectivity index (χ3n) is 2.15. The standard InChI is InChI=1S/C9H7NO/c1-2-6-7(10-5-1)3-4-8-9(6)11-8/h1-5,8-9H/t8-,9+/m1/s1. The van der Waals surface area contributed by atoms with E-state index >= 15 is 0 Å². The minimum Gasteiger partial charge on any atom is -0.360 e. The van der Waals surface area contributed by atoms with Crippen LogP contribution in [0.2, 0.25) is 0 Å². The fraction of sp³-hybridized carbons (Fsp3) is 0.222. The number of fused-ring (bicyclic) bond motifs is 3. The summed E-state index contributed by atoms with van der Waals surface area (Å²) in [7, 11) is 0. The van der Waals surface area contributed by atoms with Crippen LogP contribution in [0.15, 0.2) is 24.4 Å². The Labute approximate surface area is 64.5 Å². The van der Waals surface area contributed by atoms with Crippen LogP contribution in [0.3, 0.4) is 0 Å². The minimum atomic E-state index is 0.309. The van der Waals surface area contributed by atoms with Gasteiger partial charge in [0.05, 0.1) is 5.69 Å². The summed E-state index contributed by atoms with van der Waals surface area (Å²) >= 11 is 0. The van der Waals surface area contributed by atoms with E-state index < -0.39 is 0 Å². The zero-order valence-corrected chi connectivity index (χ0v) is 5.90. The van der Waals surface area contributed by atoms with E-state index in [-0.39, 0.29) is 0 Å². The van der Waals surface area contributed by atoms with E-state index in [9.17, 15) is 0 Å². The molecule has 11 heavy (non-hydrogen) atoms. The number of epoxide rings is 1. The molecule has 0 unspecified atom stereocenters. The van der Waals surface area contributed by atoms with Crippen LogP contribution in [0.5, 0.6) is 0 Å². The van der Waals surface area contributed by atoms with Gasteiger partial charge in [-0.2, -0.15) is 0 Å². The molecule has 2 aliphatic rings. The summed E-state index contributed by atoms with van der Waals surface area (Å²) in [6.07, 6.45) is 6.56. The lowest BCUT2D eigenvalue weighted by Gasteiger charge is -2.03. The molecule has 1 saturated heterocycles. The smallest absolute Gasteiger partial charge is 0.115 e. The van der Waals surface area contributed by atoms with Gasteiger partial charge in [-0.1, -0.05) is 12.1 Å². The molecule has 0 aromatic carbocycles. The van der Waals surface area contributed by atoms with Crippen molar-refractivity contribution in [3.05, 3.63) is 35.7 Å². The van der Waals surface area contributed by atoms with Gasteiger partial charge < -0.3 is 4.74 Å². The Morgan fingerprint density at radius 3 is 3.45 bits per heavy atom. The van der Waals surface area contributed by atoms with Crippen LogP contribution in [0.1, 0.15) is 17.4 Å². The van der Waals surface area contributed by atoms with E-state index in [1.54, 1.807) is 0 Å². The molecule has 1 fully saturated rings. The van der Waals surface area contributed by atoms with Crippen LogP contribution in [-0.2, 0) is 4.74 Å². The van der Waals surface area contributed by atoms with Crippen molar-refractivity contribution in [1.82, 2.24) is 4.98 Å². The number of nitrogens with zero attached hydrogens (tertiary/aromatic N) is 1. The second-order valence-corrected chi connectivity index (χ2v) is 2.86. The van der Waals surface area contributed by atoms with E-state index in [4.69, 9.17) is 4.74 Å². The van der Waals surface area contributed by atoms with Gasteiger partial charge in [-0.25, -0.2) is 0 Å². The summed E-state index contributed by atoms with van der Waals surface area (Å²) in [6, 6.07) is 4.03. The molecule has 1 aliphatic heterocycles. The Morgan fingerprint density at radius 1 is 1.45 bits per heavy atom. The van der Waals surface area contributed by atoms with Crippen LogP contribution >= 0.6 is 0 Å². The number of ether oxygens (including phenoxy) is 1. The molecule has 0 bridgehead atoms. The molecular weight excluding hydrogens is 138 g/mol. The van der Waals surface area contributed by atoms with Gasteiger partial charge in [0.1, 0.15) is 12.2 Å². The van der Waals surface area contributed by atoms with Crippen molar-refractivity contribution in [3.63, 3.8) is 0 Å². The third kappa shape index (κ3) is 0.672. The fourth-order valence-corrected chi connectivity index (χ4v) is 1.52. The largest absolute Gasteiger partial charge is 0.360 e. The van der Waals surface area contributed by atoms with E-state index in [0.29, 0.717) is 12.2 Å². The van der Waals surface area contributed by atoms with E-state index in [1.165, 1.54) is 5.56 Å². The van der Waals surface area contributed by atoms with Gasteiger partial charge in [0.15, 0.2) is 0 Å². The van der Waals surface area contributed by atoms with Crippen molar-refractivity contribution in [2.75, 3.05) is 0 Å². The molecule has 3 rings (SSSR count). The van der Waals surface area contributed by atoms with Gasteiger partial charge in [-0.3, -0.25) is 4.98 Å². The number of hydrogen-bond acceptors (Lipinski definition) is 2. The molecule has 0 saturated carbocycles. The maximum Gasteiger partial charge on any atom is 0.115 e. The minimum absolute atomic E-state index is 0.309. The maximum absolute atomic E-state index is 5.38. The van der Waals surface area contributed by atoms with Crippen LogP contribution < -0.4 is 0 Å². The quantitative estimate of drug-likeness (QED) is 0.517. The average molecular weight is 145 g/mol. The maximum atomic E-state index is 5.38. The molecule has 2 atom stereocenters. The zero-order valence-electron chi connectivity index (χ0n) is 5.90. The van der Waals surface area contributed by atoms with Crippen LogP contribution in [0.25, 0.3) is 6.08 Å². The van der Waals surface area contributed by atoms with Crippen molar-refractivity contribution < 1.29 is 4.74 Å². The number of aromatic nitrogens is 1. The first kappa shape index (κ1) is 5.49. The topological polar surface area (TPSA) is 25.4 Å². The Balaban J connectivity index is 2.24. The van der Waals surface area contributed by atoms with Gasteiger partial charge in [0.2, 0.25) is 0 Å². The molecular formula is C9H7NO. The van der Waals surface area contributed by atoms with E-state index in [2.05, 4.69) is 17.1 Å². The SMILES string of the molecule is C1=C[C@H]2O[C@H]2c2cccnc21. The molecule has 2 heterocycles. The Bertz CT molecular complexity index is 332. The van der Waals surface area contributed by atoms with Crippen molar-refractivity contribution >= 4 is 6.08 Å². The molecule has 2 heteroatoms. The lowest BCUT2D eigenvalue weighted by Crippen LogP contribution is -1.96. The summed E-state index contributed by atoms with van der Waals surface area (Å²) in [4.78, 5) is 4.23. The molecule has 0 amide bonds. The predicted molar refractivity (Wildman–Crippen MR) is 40.9 cm³/mol. The molecule has 1 aromatic heterocycles. The average Bonchev–Trinajstić information content (AvgIpc) is 2.83. The lowest BCUT2D eigenvalue weighted by atomic mass is 10.0. The van der Waals surface area contributed by atoms with Crippen LogP contribution in [0.4, 0.5) is 0 Å². The first-order valence-electron chi connectivity index (χ1n) is 3.74. The molecule has 0 N–H and O–H groups in total. The highest BCUT2D eigenvalue weighted by Gasteiger charge is 2.41. The Kier molecular flexibility index (Phi) is 0.855. The van der Waals surface area contributed by atoms with Gasteiger partial charge in [0, 0.05) is 11.8 Å². The van der Waals surface area contributed by atoms with Gasteiger partial charge in [-0.15, -0.1) is 0 Å². The second kappa shape index (κ2) is 1.71. The Hall–Kier alpha value is -1.15. The normalized spacial score (nSPS) is 30.9. The van der Waals surface area contributed by atoms with E-state index in [0.717, 1.165) is 5.69 Å². The summed E-state index contributed by atoms with van der Waals surface area (Å²) in [5.74, 6) is 0. The fourth-order valence-electron chi connectivity index (χ4n) is 1.52. The summed E-state index contributed by atoms with van der Waals surface area (Å²) in [5.41, 5.74) is 2.30. The summed E-state index contributed by atoms with van der Waals surface area (Å²) in [5, 5.41) is 0. The first-order chi connectivity index (χ1) is 5.45. The monoisotopic (exact) mass is 145 g/mol. The predicted octanol–water partition coefficient (Wildman–Crippen LogP) is 1.55. The van der Waals surface area contributed by atoms with E-state index in [1.807, 2.05) is 18.3 Å². The Morgan fingerprint density at radius 2 is 2.45 bits per heavy atom. The van der Waals surface area contributed by atoms with Crippen molar-refractivity contribution in [3.8, 4) is 0 Å². The second-order valence-electron chi connectivity index (χ2n) is 2.86. The van der Waals surface area contributed by atoms with Crippen LogP contribution in [0, 0.1) is 0 Å². The molecule has 54 valence electrons. The highest BCUT2D eigenvalue weighted by atomic mass is 16.6. The number of hydrogen-bond donors (Lipinski definition) is 0. The molecule has 0 radical (unpaired) electrons. The highest BCUT2D eigenvalue weighted by Crippen LogP contribution is 2.43. The molecule has 0 spiro atoms. The van der Waals surface area contributed by atoms with Crippen molar-refractivity contribution in [2.45, 2.75) is 12.2 Å². The number of pyridine rings is 1. The van der Waals surface area contributed by atoms with Crippen LogP contribution in [-0.4, -0.2) is 11.1 Å². The highest BCUT2D eigenvalue weighted by molar-refractivity contribution is 5.56. The molecule has 2 nitrogen and oxygen atoms in total. The number of rotatable bonds is 0. The molecule has 1 aromatic rings. The first-order valence-corrected chi connectivity index (χ1v) is 3.74.